The number of halogens is 2. The first-order chi connectivity index (χ1) is 12.9. The third-order valence-electron chi connectivity index (χ3n) is 7.02. The second-order valence-corrected chi connectivity index (χ2v) is 16.7. The van der Waals surface area contributed by atoms with E-state index >= 15 is 0 Å². The van der Waals surface area contributed by atoms with Gasteiger partial charge < -0.3 is 24.8 Å². The number of benzene rings is 2. The second-order valence-electron chi connectivity index (χ2n) is 9.45. The summed E-state index contributed by atoms with van der Waals surface area (Å²) in [6.07, 6.45) is 8.74. The molecule has 3 atom stereocenters. The van der Waals surface area contributed by atoms with Gasteiger partial charge in [0.15, 0.2) is 0 Å². The molecule has 149 valence electrons. The summed E-state index contributed by atoms with van der Waals surface area (Å²) in [7, 11) is -1.17. The monoisotopic (exact) mass is 515 g/mol. The first-order valence-electron chi connectivity index (χ1n) is 10.2. The molecule has 0 saturated carbocycles. The molecule has 2 aromatic carbocycles. The Morgan fingerprint density at radius 2 is 1.62 bits per heavy atom. The van der Waals surface area contributed by atoms with Gasteiger partial charge in [-0.3, -0.25) is 0 Å². The van der Waals surface area contributed by atoms with Crippen LogP contribution in [-0.2, 0) is 24.7 Å². The van der Waals surface area contributed by atoms with Crippen LogP contribution in [0.5, 0.6) is 0 Å². The van der Waals surface area contributed by atoms with Gasteiger partial charge in [-0.05, 0) is 0 Å². The van der Waals surface area contributed by atoms with E-state index in [9.17, 15) is 0 Å². The third-order valence-corrected chi connectivity index (χ3v) is 11.6. The summed E-state index contributed by atoms with van der Waals surface area (Å²) >= 11 is 1.69. The predicted octanol–water partition coefficient (Wildman–Crippen LogP) is 1.05. The van der Waals surface area contributed by atoms with E-state index < -0.39 is 8.07 Å². The van der Waals surface area contributed by atoms with Gasteiger partial charge in [-0.2, -0.15) is 0 Å². The van der Waals surface area contributed by atoms with Crippen molar-refractivity contribution in [3.63, 3.8) is 0 Å². The summed E-state index contributed by atoms with van der Waals surface area (Å²) < 4.78 is 0.456. The Morgan fingerprint density at radius 1 is 0.966 bits per heavy atom. The summed E-state index contributed by atoms with van der Waals surface area (Å²) in [6, 6.07) is 18.2. The molecule has 0 saturated heterocycles. The van der Waals surface area contributed by atoms with Crippen molar-refractivity contribution >= 4 is 19.3 Å². The molecule has 0 spiro atoms. The zero-order chi connectivity index (χ0) is 18.8. The minimum Gasteiger partial charge on any atom is -1.00 e. The van der Waals surface area contributed by atoms with Crippen LogP contribution in [0.4, 0.5) is 0 Å². The average molecular weight is 518 g/mol. The van der Waals surface area contributed by atoms with E-state index in [0.717, 1.165) is 5.92 Å². The van der Waals surface area contributed by atoms with Crippen LogP contribution in [0.3, 0.4) is 0 Å². The molecule has 4 heteroatoms. The van der Waals surface area contributed by atoms with E-state index in [1.54, 1.807) is 41.0 Å². The maximum absolute atomic E-state index is 2.55. The zero-order valence-electron chi connectivity index (χ0n) is 17.3. The van der Waals surface area contributed by atoms with Gasteiger partial charge in [0, 0.05) is 0 Å². The van der Waals surface area contributed by atoms with Crippen molar-refractivity contribution in [2.45, 2.75) is 54.2 Å². The van der Waals surface area contributed by atoms with Gasteiger partial charge in [0.1, 0.15) is 0 Å². The molecule has 0 bridgehead atoms. The van der Waals surface area contributed by atoms with Crippen LogP contribution < -0.4 is 24.8 Å². The molecule has 0 fully saturated rings. The van der Waals surface area contributed by atoms with Crippen LogP contribution in [0.2, 0.25) is 16.2 Å². The fourth-order valence-corrected chi connectivity index (χ4v) is 10.6. The molecule has 3 unspecified atom stereocenters. The van der Waals surface area contributed by atoms with E-state index in [4.69, 9.17) is 0 Å². The Labute approximate surface area is 203 Å². The van der Waals surface area contributed by atoms with Gasteiger partial charge >= 0.3 is 180 Å². The minimum atomic E-state index is -1.17. The topological polar surface area (TPSA) is 0 Å². The Bertz CT molecular complexity index is 990. The van der Waals surface area contributed by atoms with Gasteiger partial charge in [0.05, 0.1) is 0 Å². The van der Waals surface area contributed by atoms with Gasteiger partial charge in [0.2, 0.25) is 0 Å². The smallest absolute Gasteiger partial charge is 1.00 e. The molecule has 29 heavy (non-hydrogen) atoms. The maximum Gasteiger partial charge on any atom is -1.00 e. The molecule has 0 aromatic heterocycles. The van der Waals surface area contributed by atoms with Crippen LogP contribution in [0.15, 0.2) is 59.8 Å². The van der Waals surface area contributed by atoms with Crippen molar-refractivity contribution in [3.8, 4) is 0 Å². The molecule has 0 radical (unpaired) electrons. The Kier molecular flexibility index (Phi) is 6.63. The molecule has 0 N–H and O–H groups in total. The first-order valence-corrected chi connectivity index (χ1v) is 14.5. The van der Waals surface area contributed by atoms with Crippen molar-refractivity contribution in [2.75, 3.05) is 0 Å². The SMILES string of the molecule is C[C]([Zr+2])(CCC1C2=C(c3ccccc31)[Si]2(C)C)CC1C=Cc2ccccc21.[Cl-].[Cl-]. The number of fused-ring (bicyclic) bond motifs is 3. The minimum absolute atomic E-state index is 0. The molecular formula is C25H27Cl2SiZr. The molecule has 1 heterocycles. The molecule has 2 aliphatic carbocycles. The van der Waals surface area contributed by atoms with E-state index in [1.165, 1.54) is 30.4 Å². The molecule has 0 amide bonds. The molecule has 3 aliphatic rings. The Morgan fingerprint density at radius 3 is 2.38 bits per heavy atom. The van der Waals surface area contributed by atoms with Gasteiger partial charge in [0.25, 0.3) is 0 Å². The Balaban J connectivity index is 0.00000120. The van der Waals surface area contributed by atoms with Crippen molar-refractivity contribution < 1.29 is 49.5 Å². The van der Waals surface area contributed by atoms with Gasteiger partial charge in [-0.25, -0.2) is 0 Å². The quantitative estimate of drug-likeness (QED) is 0.521. The first kappa shape index (κ1) is 23.3. The second kappa shape index (κ2) is 8.27. The van der Waals surface area contributed by atoms with Crippen LogP contribution in [-0.4, -0.2) is 8.07 Å². The molecule has 5 rings (SSSR count). The molecular weight excluding hydrogens is 490 g/mol. The standard InChI is InChI=1S/C25H27Si.2ClH.Zr/c1-17(16-19-14-13-18-8-4-5-9-20(18)19)12-15-23-21-10-6-7-11-22(21)24-25(23)26(24,2)3;;;/h4-11,13-14,19,23H,12,15-16H2,1-3H3;2*1H;/q;;;+2/p-2. The van der Waals surface area contributed by atoms with Crippen molar-refractivity contribution in [2.24, 2.45) is 0 Å². The third kappa shape index (κ3) is 3.96. The van der Waals surface area contributed by atoms with E-state index in [2.05, 4.69) is 80.7 Å². The predicted molar refractivity (Wildman–Crippen MR) is 114 cm³/mol. The number of allylic oxidation sites excluding steroid dienone is 2. The fraction of sp³-hybridized carbons (Fsp3) is 0.360. The van der Waals surface area contributed by atoms with Crippen LogP contribution in [0.25, 0.3) is 11.3 Å². The average Bonchev–Trinajstić information content (AvgIpc) is 2.97. The van der Waals surface area contributed by atoms with Crippen LogP contribution in [0.1, 0.15) is 60.3 Å². The van der Waals surface area contributed by atoms with Crippen molar-refractivity contribution in [1.82, 2.24) is 0 Å². The summed E-state index contributed by atoms with van der Waals surface area (Å²) in [5.41, 5.74) is 6.21. The Hall–Kier alpha value is -0.400. The van der Waals surface area contributed by atoms with Crippen LogP contribution in [0, 0.1) is 0 Å². The molecule has 2 aromatic rings. The summed E-state index contributed by atoms with van der Waals surface area (Å²) in [5, 5.41) is 3.67. The van der Waals surface area contributed by atoms with E-state index in [-0.39, 0.29) is 24.8 Å². The summed E-state index contributed by atoms with van der Waals surface area (Å²) in [4.78, 5) is 0. The molecule has 1 aliphatic heterocycles. The fourth-order valence-electron chi connectivity index (χ4n) is 5.63. The van der Waals surface area contributed by atoms with E-state index in [0.29, 0.717) is 9.04 Å². The summed E-state index contributed by atoms with van der Waals surface area (Å²) in [6.45, 7) is 7.63. The number of hydrogen-bond donors (Lipinski definition) is 0. The van der Waals surface area contributed by atoms with Crippen molar-refractivity contribution in [1.29, 1.82) is 0 Å². The zero-order valence-corrected chi connectivity index (χ0v) is 22.3. The summed E-state index contributed by atoms with van der Waals surface area (Å²) in [5.74, 6) is 1.34. The largest absolute Gasteiger partial charge is 1.00 e. The van der Waals surface area contributed by atoms with Crippen molar-refractivity contribution in [3.05, 3.63) is 82.1 Å². The van der Waals surface area contributed by atoms with Gasteiger partial charge in [-0.15, -0.1) is 0 Å². The van der Waals surface area contributed by atoms with E-state index in [1.807, 2.05) is 5.20 Å². The maximum atomic E-state index is 2.55. The normalized spacial score (nSPS) is 24.0. The van der Waals surface area contributed by atoms with Gasteiger partial charge in [-0.1, -0.05) is 0 Å². The number of rotatable bonds is 5. The van der Waals surface area contributed by atoms with Crippen LogP contribution >= 0.6 is 0 Å². The number of hydrogen-bond acceptors (Lipinski definition) is 0. The molecule has 0 nitrogen and oxygen atoms in total.